The second kappa shape index (κ2) is 3.46. The van der Waals surface area contributed by atoms with Gasteiger partial charge < -0.3 is 10.8 Å². The van der Waals surface area contributed by atoms with Crippen LogP contribution < -0.4 is 5.73 Å². The van der Waals surface area contributed by atoms with Gasteiger partial charge in [0, 0.05) is 0 Å². The number of nitrogens with zero attached hydrogens (tertiary/aromatic N) is 4. The molecule has 8 heteroatoms. The second-order valence-corrected chi connectivity index (χ2v) is 3.55. The molecule has 78 valence electrons. The summed E-state index contributed by atoms with van der Waals surface area (Å²) in [6, 6.07) is 0. The van der Waals surface area contributed by atoms with Gasteiger partial charge in [0.15, 0.2) is 5.65 Å². The summed E-state index contributed by atoms with van der Waals surface area (Å²) < 4.78 is 1.69. The van der Waals surface area contributed by atoms with Gasteiger partial charge >= 0.3 is 5.97 Å². The molecule has 0 bridgehead atoms. The van der Waals surface area contributed by atoms with Crippen molar-refractivity contribution in [3.8, 4) is 0 Å². The number of carbonyl (C=O) groups is 1. The van der Waals surface area contributed by atoms with Gasteiger partial charge in [-0.15, -0.1) is 0 Å². The number of anilines is 1. The highest BCUT2D eigenvalue weighted by molar-refractivity contribution is 9.10. The molecule has 0 fully saturated rings. The highest BCUT2D eigenvalue weighted by atomic mass is 79.9. The van der Waals surface area contributed by atoms with Crippen LogP contribution in [0, 0.1) is 0 Å². The summed E-state index contributed by atoms with van der Waals surface area (Å²) in [5, 5.41) is 13.1. The van der Waals surface area contributed by atoms with Gasteiger partial charge in [0.2, 0.25) is 0 Å². The fourth-order valence-corrected chi connectivity index (χ4v) is 1.80. The molecule has 0 saturated heterocycles. The molecule has 7 nitrogen and oxygen atoms in total. The molecule has 0 saturated carbocycles. The molecule has 0 amide bonds. The van der Waals surface area contributed by atoms with E-state index >= 15 is 0 Å². The predicted octanol–water partition coefficient (Wildman–Crippen LogP) is 0.256. The molecule has 2 heterocycles. The van der Waals surface area contributed by atoms with Gasteiger partial charge in [-0.1, -0.05) is 0 Å². The normalized spacial score (nSPS) is 10.7. The summed E-state index contributed by atoms with van der Waals surface area (Å²) in [5.74, 6) is -0.729. The number of nitrogens with two attached hydrogens (primary N) is 1. The molecule has 15 heavy (non-hydrogen) atoms. The summed E-state index contributed by atoms with van der Waals surface area (Å²) in [7, 11) is 0. The highest BCUT2D eigenvalue weighted by Crippen LogP contribution is 2.25. The van der Waals surface area contributed by atoms with Gasteiger partial charge in [0.1, 0.15) is 23.3 Å². The van der Waals surface area contributed by atoms with Crippen LogP contribution in [0.4, 0.5) is 5.82 Å². The van der Waals surface area contributed by atoms with Crippen molar-refractivity contribution in [2.45, 2.75) is 6.54 Å². The zero-order chi connectivity index (χ0) is 11.0. The Morgan fingerprint density at radius 3 is 3.00 bits per heavy atom. The molecular weight excluding hydrogens is 266 g/mol. The fraction of sp³-hybridized carbons (Fsp3) is 0.143. The first-order valence-corrected chi connectivity index (χ1v) is 4.73. The van der Waals surface area contributed by atoms with E-state index in [1.807, 2.05) is 0 Å². The van der Waals surface area contributed by atoms with E-state index in [4.69, 9.17) is 10.8 Å². The zero-order valence-electron chi connectivity index (χ0n) is 7.38. The van der Waals surface area contributed by atoms with Crippen LogP contribution in [0.25, 0.3) is 11.0 Å². The number of rotatable bonds is 2. The van der Waals surface area contributed by atoms with Crippen molar-refractivity contribution in [2.24, 2.45) is 0 Å². The van der Waals surface area contributed by atoms with Crippen LogP contribution >= 0.6 is 15.9 Å². The third-order valence-electron chi connectivity index (χ3n) is 1.80. The van der Waals surface area contributed by atoms with Crippen molar-refractivity contribution < 1.29 is 9.90 Å². The van der Waals surface area contributed by atoms with E-state index in [0.717, 1.165) is 0 Å². The number of nitrogen functional groups attached to an aromatic ring is 1. The number of hydrogen-bond acceptors (Lipinski definition) is 5. The third kappa shape index (κ3) is 1.63. The Bertz CT molecular complexity index is 537. The first-order chi connectivity index (χ1) is 7.09. The Morgan fingerprint density at radius 2 is 2.33 bits per heavy atom. The van der Waals surface area contributed by atoms with Crippen molar-refractivity contribution in [3.05, 3.63) is 10.9 Å². The predicted molar refractivity (Wildman–Crippen MR) is 55.1 cm³/mol. The SMILES string of the molecule is Nc1ncnc2c1c(Br)nn2CC(=O)O. The maximum Gasteiger partial charge on any atom is 0.325 e. The van der Waals surface area contributed by atoms with E-state index in [0.29, 0.717) is 15.6 Å². The summed E-state index contributed by atoms with van der Waals surface area (Å²) in [5.41, 5.74) is 6.02. The number of fused-ring (bicyclic) bond motifs is 1. The lowest BCUT2D eigenvalue weighted by Gasteiger charge is -1.97. The molecule has 0 aliphatic carbocycles. The topological polar surface area (TPSA) is 107 Å². The molecule has 0 aliphatic heterocycles. The fourth-order valence-electron chi connectivity index (χ4n) is 1.22. The largest absolute Gasteiger partial charge is 0.480 e. The van der Waals surface area contributed by atoms with Crippen molar-refractivity contribution >= 4 is 38.8 Å². The zero-order valence-corrected chi connectivity index (χ0v) is 8.97. The molecular formula is C7H6BrN5O2. The van der Waals surface area contributed by atoms with Gasteiger partial charge in [-0.25, -0.2) is 14.6 Å². The van der Waals surface area contributed by atoms with Crippen molar-refractivity contribution in [3.63, 3.8) is 0 Å². The number of carboxylic acid groups (broad SMARTS) is 1. The maximum absolute atomic E-state index is 10.6. The van der Waals surface area contributed by atoms with Crippen molar-refractivity contribution in [2.75, 3.05) is 5.73 Å². The summed E-state index contributed by atoms with van der Waals surface area (Å²) in [6.45, 7) is -0.265. The van der Waals surface area contributed by atoms with E-state index < -0.39 is 5.97 Å². The standard InChI is InChI=1S/C7H6BrN5O2/c8-5-4-6(9)10-2-11-7(4)13(12-5)1-3(14)15/h2H,1H2,(H,14,15)(H2,9,10,11). The van der Waals surface area contributed by atoms with Gasteiger partial charge in [0.05, 0.1) is 5.39 Å². The van der Waals surface area contributed by atoms with Gasteiger partial charge in [-0.05, 0) is 15.9 Å². The second-order valence-electron chi connectivity index (χ2n) is 2.80. The molecule has 3 N–H and O–H groups in total. The average Bonchev–Trinajstić information content (AvgIpc) is 2.44. The molecule has 0 unspecified atom stereocenters. The van der Waals surface area contributed by atoms with Crippen LogP contribution in [0.3, 0.4) is 0 Å². The van der Waals surface area contributed by atoms with Crippen LogP contribution in [-0.4, -0.2) is 30.8 Å². The average molecular weight is 272 g/mol. The van der Waals surface area contributed by atoms with Crippen molar-refractivity contribution in [1.82, 2.24) is 19.7 Å². The Kier molecular flexibility index (Phi) is 2.27. The van der Waals surface area contributed by atoms with Crippen LogP contribution in [-0.2, 0) is 11.3 Å². The Hall–Kier alpha value is -1.70. The Morgan fingerprint density at radius 1 is 1.60 bits per heavy atom. The van der Waals surface area contributed by atoms with E-state index in [9.17, 15) is 4.79 Å². The quantitative estimate of drug-likeness (QED) is 0.811. The lowest BCUT2D eigenvalue weighted by atomic mass is 10.4. The molecule has 0 spiro atoms. The van der Waals surface area contributed by atoms with Crippen LogP contribution in [0.15, 0.2) is 10.9 Å². The van der Waals surface area contributed by atoms with E-state index in [-0.39, 0.29) is 12.4 Å². The lowest BCUT2D eigenvalue weighted by Crippen LogP contribution is -2.10. The minimum Gasteiger partial charge on any atom is -0.480 e. The van der Waals surface area contributed by atoms with Crippen molar-refractivity contribution in [1.29, 1.82) is 0 Å². The van der Waals surface area contributed by atoms with E-state index in [1.54, 1.807) is 0 Å². The van der Waals surface area contributed by atoms with Gasteiger partial charge in [-0.3, -0.25) is 4.79 Å². The van der Waals surface area contributed by atoms with Crippen LogP contribution in [0.5, 0.6) is 0 Å². The molecule has 0 radical (unpaired) electrons. The van der Waals surface area contributed by atoms with Gasteiger partial charge in [0.25, 0.3) is 0 Å². The maximum atomic E-state index is 10.6. The molecule has 0 aromatic carbocycles. The number of aliphatic carboxylic acids is 1. The lowest BCUT2D eigenvalue weighted by molar-refractivity contribution is -0.137. The first kappa shape index (κ1) is 9.84. The number of aromatic nitrogens is 4. The minimum absolute atomic E-state index is 0.265. The van der Waals surface area contributed by atoms with Gasteiger partial charge in [-0.2, -0.15) is 5.10 Å². The van der Waals surface area contributed by atoms with E-state index in [2.05, 4.69) is 31.0 Å². The van der Waals surface area contributed by atoms with Crippen LogP contribution in [0.2, 0.25) is 0 Å². The number of carboxylic acids is 1. The monoisotopic (exact) mass is 271 g/mol. The molecule has 2 aromatic heterocycles. The summed E-state index contributed by atoms with van der Waals surface area (Å²) in [4.78, 5) is 18.3. The summed E-state index contributed by atoms with van der Waals surface area (Å²) in [6.07, 6.45) is 1.27. The highest BCUT2D eigenvalue weighted by Gasteiger charge is 2.14. The third-order valence-corrected chi connectivity index (χ3v) is 2.36. The first-order valence-electron chi connectivity index (χ1n) is 3.94. The Labute approximate surface area is 92.1 Å². The Balaban J connectivity index is 2.68. The molecule has 2 rings (SSSR count). The number of hydrogen-bond donors (Lipinski definition) is 2. The number of halogens is 1. The molecule has 0 aliphatic rings. The van der Waals surface area contributed by atoms with E-state index in [1.165, 1.54) is 11.0 Å². The summed E-state index contributed by atoms with van der Waals surface area (Å²) >= 11 is 3.17. The minimum atomic E-state index is -0.996. The molecule has 0 atom stereocenters. The van der Waals surface area contributed by atoms with Crippen LogP contribution in [0.1, 0.15) is 0 Å². The molecule has 2 aromatic rings. The smallest absolute Gasteiger partial charge is 0.325 e.